The lowest BCUT2D eigenvalue weighted by atomic mass is 10.2. The molecule has 0 aliphatic heterocycles. The van der Waals surface area contributed by atoms with Crippen LogP contribution in [0.15, 0.2) is 60.7 Å². The predicted octanol–water partition coefficient (Wildman–Crippen LogP) is 4.95. The van der Waals surface area contributed by atoms with Crippen molar-refractivity contribution in [1.82, 2.24) is 10.1 Å². The number of hydrogen-bond acceptors (Lipinski definition) is 6. The van der Waals surface area contributed by atoms with Gasteiger partial charge in [0.15, 0.2) is 0 Å². The Balaban J connectivity index is 1.84. The molecule has 0 aliphatic rings. The number of carbonyl (C=O) groups is 2. The van der Waals surface area contributed by atoms with E-state index in [2.05, 4.69) is 0 Å². The van der Waals surface area contributed by atoms with Crippen LogP contribution in [0.4, 0.5) is 9.59 Å². The molecule has 0 unspecified atom stereocenters. The summed E-state index contributed by atoms with van der Waals surface area (Å²) in [7, 11) is 0. The molecular weight excluding hydrogens is 412 g/mol. The number of rotatable bonds is 13. The molecule has 8 nitrogen and oxygen atoms in total. The number of nitrogens with zero attached hydrogens (tertiary/aromatic N) is 2. The largest absolute Gasteiger partial charge is 0.448 e. The van der Waals surface area contributed by atoms with Gasteiger partial charge in [-0.3, -0.25) is 9.68 Å². The van der Waals surface area contributed by atoms with Gasteiger partial charge in [0.1, 0.15) is 13.2 Å². The first-order chi connectivity index (χ1) is 15.6. The van der Waals surface area contributed by atoms with Crippen molar-refractivity contribution in [3.63, 3.8) is 0 Å². The van der Waals surface area contributed by atoms with Crippen LogP contribution >= 0.6 is 0 Å². The van der Waals surface area contributed by atoms with Gasteiger partial charge in [-0.05, 0) is 37.8 Å². The molecule has 32 heavy (non-hydrogen) atoms. The molecule has 8 heteroatoms. The second-order valence-electron chi connectivity index (χ2n) is 6.83. The van der Waals surface area contributed by atoms with E-state index in [9.17, 15) is 9.59 Å². The van der Waals surface area contributed by atoms with E-state index in [4.69, 9.17) is 19.1 Å². The lowest BCUT2D eigenvalue weighted by Crippen LogP contribution is -2.35. The first-order valence-corrected chi connectivity index (χ1v) is 10.9. The second kappa shape index (κ2) is 14.8. The molecule has 0 fully saturated rings. The third-order valence-electron chi connectivity index (χ3n) is 4.38. The molecule has 2 aromatic carbocycles. The van der Waals surface area contributed by atoms with Gasteiger partial charge in [-0.2, -0.15) is 10.1 Å². The second-order valence-corrected chi connectivity index (χ2v) is 6.83. The summed E-state index contributed by atoms with van der Waals surface area (Å²) in [5.74, 6) is 0. The van der Waals surface area contributed by atoms with Gasteiger partial charge in [-0.1, -0.05) is 60.7 Å². The molecule has 0 spiro atoms. The Morgan fingerprint density at radius 3 is 1.38 bits per heavy atom. The number of unbranched alkanes of at least 4 members (excludes halogenated alkanes) is 1. The minimum atomic E-state index is -0.536. The maximum Gasteiger partial charge on any atom is 0.433 e. The van der Waals surface area contributed by atoms with Crippen LogP contribution in [0.3, 0.4) is 0 Å². The zero-order valence-corrected chi connectivity index (χ0v) is 18.8. The fraction of sp³-hybridized carbons (Fsp3) is 0.417. The van der Waals surface area contributed by atoms with Crippen molar-refractivity contribution in [2.75, 3.05) is 26.3 Å². The Morgan fingerprint density at radius 1 is 0.656 bits per heavy atom. The molecule has 0 heterocycles. The molecule has 0 N–H and O–H groups in total. The molecule has 0 atom stereocenters. The van der Waals surface area contributed by atoms with Crippen LogP contribution in [0, 0.1) is 0 Å². The van der Waals surface area contributed by atoms with Crippen LogP contribution in [0.2, 0.25) is 0 Å². The number of benzene rings is 2. The normalized spacial score (nSPS) is 10.4. The first kappa shape index (κ1) is 25.2. The minimum absolute atomic E-state index is 0.258. The van der Waals surface area contributed by atoms with E-state index in [1.807, 2.05) is 60.7 Å². The summed E-state index contributed by atoms with van der Waals surface area (Å²) in [6.45, 7) is 5.16. The van der Waals surface area contributed by atoms with E-state index < -0.39 is 12.2 Å². The number of carbonyl (C=O) groups excluding carboxylic acids is 2. The van der Waals surface area contributed by atoms with E-state index in [1.165, 1.54) is 10.1 Å². The molecule has 0 saturated heterocycles. The van der Waals surface area contributed by atoms with E-state index in [0.717, 1.165) is 11.1 Å². The van der Waals surface area contributed by atoms with Gasteiger partial charge in [-0.15, -0.1) is 0 Å². The molecule has 2 amide bonds. The summed E-state index contributed by atoms with van der Waals surface area (Å²) in [6, 6.07) is 19.2. The maximum atomic E-state index is 12.2. The Bertz CT molecular complexity index is 720. The molecule has 0 saturated carbocycles. The maximum absolute atomic E-state index is 12.2. The van der Waals surface area contributed by atoms with Crippen LogP contribution < -0.4 is 0 Å². The quantitative estimate of drug-likeness (QED) is 0.321. The lowest BCUT2D eigenvalue weighted by Gasteiger charge is -2.23. The Kier molecular flexibility index (Phi) is 11.7. The average Bonchev–Trinajstić information content (AvgIpc) is 2.82. The van der Waals surface area contributed by atoms with Crippen LogP contribution in [0.25, 0.3) is 0 Å². The third-order valence-corrected chi connectivity index (χ3v) is 4.38. The van der Waals surface area contributed by atoms with Crippen molar-refractivity contribution < 1.29 is 28.7 Å². The van der Waals surface area contributed by atoms with Gasteiger partial charge in [0.05, 0.1) is 26.3 Å². The van der Waals surface area contributed by atoms with E-state index in [1.54, 1.807) is 13.8 Å². The van der Waals surface area contributed by atoms with Crippen molar-refractivity contribution in [2.24, 2.45) is 0 Å². The summed E-state index contributed by atoms with van der Waals surface area (Å²) < 4.78 is 10.2. The highest BCUT2D eigenvalue weighted by Gasteiger charge is 2.18. The molecule has 0 aromatic heterocycles. The van der Waals surface area contributed by atoms with Crippen LogP contribution in [0.5, 0.6) is 0 Å². The SMILES string of the molecule is CCOC(=O)N(CCCCN(OCc1ccccc1)C(=O)OCC)OCc1ccccc1. The topological polar surface area (TPSA) is 77.5 Å². The van der Waals surface area contributed by atoms with Gasteiger partial charge >= 0.3 is 12.2 Å². The third kappa shape index (κ3) is 9.36. The summed E-state index contributed by atoms with van der Waals surface area (Å²) in [4.78, 5) is 35.8. The monoisotopic (exact) mass is 444 g/mol. The van der Waals surface area contributed by atoms with Crippen molar-refractivity contribution in [3.8, 4) is 0 Å². The highest BCUT2D eigenvalue weighted by atomic mass is 16.7. The Labute approximate surface area is 189 Å². The fourth-order valence-corrected chi connectivity index (χ4v) is 2.77. The van der Waals surface area contributed by atoms with E-state index in [0.29, 0.717) is 25.9 Å². The van der Waals surface area contributed by atoms with Gasteiger partial charge in [-0.25, -0.2) is 9.59 Å². The molecule has 174 valence electrons. The summed E-state index contributed by atoms with van der Waals surface area (Å²) in [5.41, 5.74) is 1.90. The summed E-state index contributed by atoms with van der Waals surface area (Å²) in [5, 5.41) is 2.44. The van der Waals surface area contributed by atoms with Gasteiger partial charge < -0.3 is 9.47 Å². The summed E-state index contributed by atoms with van der Waals surface area (Å²) in [6.07, 6.45) is 0.0909. The van der Waals surface area contributed by atoms with Crippen LogP contribution in [0.1, 0.15) is 37.8 Å². The smallest absolute Gasteiger partial charge is 0.433 e. The minimum Gasteiger partial charge on any atom is -0.448 e. The Hall–Kier alpha value is -3.10. The molecule has 0 aliphatic carbocycles. The fourth-order valence-electron chi connectivity index (χ4n) is 2.77. The molecule has 2 aromatic rings. The van der Waals surface area contributed by atoms with Crippen molar-refractivity contribution >= 4 is 12.2 Å². The molecular formula is C24H32N2O6. The molecule has 2 rings (SSSR count). The number of ether oxygens (including phenoxy) is 2. The molecule has 0 bridgehead atoms. The Morgan fingerprint density at radius 2 is 1.03 bits per heavy atom. The number of hydroxylamine groups is 4. The number of amides is 2. The average molecular weight is 445 g/mol. The van der Waals surface area contributed by atoms with Crippen molar-refractivity contribution in [1.29, 1.82) is 0 Å². The predicted molar refractivity (Wildman–Crippen MR) is 119 cm³/mol. The van der Waals surface area contributed by atoms with Gasteiger partial charge in [0, 0.05) is 0 Å². The first-order valence-electron chi connectivity index (χ1n) is 10.9. The zero-order chi connectivity index (χ0) is 23.0. The van der Waals surface area contributed by atoms with Gasteiger partial charge in [0.25, 0.3) is 0 Å². The van der Waals surface area contributed by atoms with E-state index in [-0.39, 0.29) is 26.4 Å². The van der Waals surface area contributed by atoms with Crippen LogP contribution in [-0.4, -0.2) is 48.6 Å². The summed E-state index contributed by atoms with van der Waals surface area (Å²) >= 11 is 0. The zero-order valence-electron chi connectivity index (χ0n) is 18.8. The van der Waals surface area contributed by atoms with Gasteiger partial charge in [0.2, 0.25) is 0 Å². The lowest BCUT2D eigenvalue weighted by molar-refractivity contribution is -0.154. The van der Waals surface area contributed by atoms with Crippen molar-refractivity contribution in [2.45, 2.75) is 39.9 Å². The van der Waals surface area contributed by atoms with E-state index >= 15 is 0 Å². The van der Waals surface area contributed by atoms with Crippen LogP contribution in [-0.2, 0) is 32.4 Å². The molecule has 0 radical (unpaired) electrons. The highest BCUT2D eigenvalue weighted by Crippen LogP contribution is 2.09. The van der Waals surface area contributed by atoms with Crippen molar-refractivity contribution in [3.05, 3.63) is 71.8 Å². The number of hydrogen-bond donors (Lipinski definition) is 0. The highest BCUT2D eigenvalue weighted by molar-refractivity contribution is 5.66. The standard InChI is InChI=1S/C24H32N2O6/c1-3-29-23(27)25(31-19-21-13-7-5-8-14-21)17-11-12-18-26(24(28)30-4-2)32-20-22-15-9-6-10-16-22/h5-10,13-16H,3-4,11-12,17-20H2,1-2H3.